The Morgan fingerprint density at radius 3 is 2.50 bits per heavy atom. The standard InChI is InChI=1S/C22H23NO7.ClH.H2O/c1-23-8-7-11-9-14-20(29-10-28-14)21(27-4)15(11)17(23)18-12-5-6-13(25-2)19(26-3)16(12)22(24)30-18;;/h5-6,9,17-18H,7-8,10H2,1-4H3;1H;1H2. The fourth-order valence-corrected chi connectivity index (χ4v) is 4.71. The zero-order valence-corrected chi connectivity index (χ0v) is 19.0. The molecule has 5 rings (SSSR count). The highest BCUT2D eigenvalue weighted by Crippen LogP contribution is 2.55. The number of fused-ring (bicyclic) bond motifs is 3. The van der Waals surface area contributed by atoms with E-state index >= 15 is 0 Å². The number of nitrogens with zero attached hydrogens (tertiary/aromatic N) is 1. The minimum absolute atomic E-state index is 0. The van der Waals surface area contributed by atoms with E-state index < -0.39 is 12.1 Å². The van der Waals surface area contributed by atoms with Crippen LogP contribution in [0.4, 0.5) is 0 Å². The zero-order valence-electron chi connectivity index (χ0n) is 18.2. The van der Waals surface area contributed by atoms with Crippen molar-refractivity contribution in [3.05, 3.63) is 40.5 Å². The Labute approximate surface area is 191 Å². The number of cyclic esters (lactones) is 1. The molecule has 0 aromatic heterocycles. The molecule has 0 fully saturated rings. The van der Waals surface area contributed by atoms with Gasteiger partial charge >= 0.3 is 5.97 Å². The van der Waals surface area contributed by atoms with Gasteiger partial charge in [-0.2, -0.15) is 0 Å². The van der Waals surface area contributed by atoms with Gasteiger partial charge in [-0.15, -0.1) is 12.4 Å². The maximum atomic E-state index is 12.9. The Hall–Kier alpha value is -2.88. The maximum Gasteiger partial charge on any atom is 0.343 e. The highest BCUT2D eigenvalue weighted by atomic mass is 35.5. The summed E-state index contributed by atoms with van der Waals surface area (Å²) in [6, 6.07) is 5.43. The van der Waals surface area contributed by atoms with Gasteiger partial charge in [-0.1, -0.05) is 6.07 Å². The Morgan fingerprint density at radius 1 is 1.06 bits per heavy atom. The summed E-state index contributed by atoms with van der Waals surface area (Å²) in [5.41, 5.74) is 3.23. The largest absolute Gasteiger partial charge is 0.493 e. The lowest BCUT2D eigenvalue weighted by Gasteiger charge is -2.38. The van der Waals surface area contributed by atoms with Gasteiger partial charge in [0, 0.05) is 17.7 Å². The summed E-state index contributed by atoms with van der Waals surface area (Å²) in [7, 11) is 6.70. The number of methoxy groups -OCH3 is 3. The third kappa shape index (κ3) is 3.28. The molecule has 3 heterocycles. The quantitative estimate of drug-likeness (QED) is 0.631. The molecule has 0 spiro atoms. The molecule has 0 amide bonds. The number of hydrogen-bond acceptors (Lipinski definition) is 8. The van der Waals surface area contributed by atoms with Crippen molar-refractivity contribution in [2.75, 3.05) is 41.7 Å². The first-order chi connectivity index (χ1) is 14.6. The van der Waals surface area contributed by atoms with Crippen LogP contribution in [0.1, 0.15) is 39.2 Å². The van der Waals surface area contributed by atoms with Crippen LogP contribution in [0.3, 0.4) is 0 Å². The third-order valence-corrected chi connectivity index (χ3v) is 6.06. The van der Waals surface area contributed by atoms with Crippen molar-refractivity contribution in [1.29, 1.82) is 0 Å². The van der Waals surface area contributed by atoms with Crippen molar-refractivity contribution in [2.45, 2.75) is 18.6 Å². The smallest absolute Gasteiger partial charge is 0.343 e. The van der Waals surface area contributed by atoms with Crippen molar-refractivity contribution in [3.8, 4) is 28.7 Å². The average Bonchev–Trinajstić information content (AvgIpc) is 3.35. The van der Waals surface area contributed by atoms with Crippen LogP contribution >= 0.6 is 12.4 Å². The predicted octanol–water partition coefficient (Wildman–Crippen LogP) is 2.48. The number of likely N-dealkylation sites (N-methyl/N-ethyl adjacent to an activating group) is 1. The topological polar surface area (TPSA) is 107 Å². The number of halogens is 1. The first-order valence-electron chi connectivity index (χ1n) is 9.74. The van der Waals surface area contributed by atoms with Gasteiger partial charge in [0.2, 0.25) is 12.5 Å². The lowest BCUT2D eigenvalue weighted by molar-refractivity contribution is 0.00874. The number of carbonyl (C=O) groups excluding carboxylic acids is 1. The predicted molar refractivity (Wildman–Crippen MR) is 117 cm³/mol. The number of benzene rings is 2. The number of esters is 1. The van der Waals surface area contributed by atoms with Crippen molar-refractivity contribution < 1.29 is 38.7 Å². The lowest BCUT2D eigenvalue weighted by atomic mass is 9.85. The van der Waals surface area contributed by atoms with Crippen LogP contribution in [0.25, 0.3) is 0 Å². The van der Waals surface area contributed by atoms with Crippen molar-refractivity contribution in [2.24, 2.45) is 0 Å². The Bertz CT molecular complexity index is 1040. The van der Waals surface area contributed by atoms with E-state index in [0.717, 1.165) is 29.7 Å². The number of rotatable bonds is 4. The summed E-state index contributed by atoms with van der Waals surface area (Å²) in [6.45, 7) is 0.963. The molecular weight excluding hydrogens is 442 g/mol. The molecule has 0 aliphatic carbocycles. The average molecular weight is 468 g/mol. The minimum atomic E-state index is -0.523. The lowest BCUT2D eigenvalue weighted by Crippen LogP contribution is -2.36. The van der Waals surface area contributed by atoms with E-state index in [2.05, 4.69) is 4.90 Å². The Morgan fingerprint density at radius 2 is 1.81 bits per heavy atom. The van der Waals surface area contributed by atoms with Crippen molar-refractivity contribution in [1.82, 2.24) is 4.90 Å². The van der Waals surface area contributed by atoms with Gasteiger partial charge in [-0.25, -0.2) is 4.79 Å². The van der Waals surface area contributed by atoms with Gasteiger partial charge in [-0.05, 0) is 31.2 Å². The molecule has 9 nitrogen and oxygen atoms in total. The van der Waals surface area contributed by atoms with E-state index in [1.165, 1.54) is 7.11 Å². The normalized spacial score (nSPS) is 20.3. The van der Waals surface area contributed by atoms with E-state index in [1.54, 1.807) is 20.3 Å². The molecule has 2 unspecified atom stereocenters. The monoisotopic (exact) mass is 467 g/mol. The first kappa shape index (κ1) is 23.8. The molecular formula is C22H26ClNO8. The van der Waals surface area contributed by atoms with Crippen LogP contribution in [-0.2, 0) is 11.2 Å². The summed E-state index contributed by atoms with van der Waals surface area (Å²) in [5, 5.41) is 0. The van der Waals surface area contributed by atoms with Crippen LogP contribution in [0.5, 0.6) is 28.7 Å². The molecule has 2 aromatic rings. The molecule has 10 heteroatoms. The van der Waals surface area contributed by atoms with Crippen LogP contribution in [0.2, 0.25) is 0 Å². The molecule has 0 saturated heterocycles. The molecule has 174 valence electrons. The highest BCUT2D eigenvalue weighted by molar-refractivity contribution is 5.98. The molecule has 0 saturated carbocycles. The second kappa shape index (κ2) is 8.93. The molecule has 3 aliphatic heterocycles. The van der Waals surface area contributed by atoms with Gasteiger partial charge in [0.15, 0.2) is 23.0 Å². The van der Waals surface area contributed by atoms with E-state index in [1.807, 2.05) is 19.2 Å². The van der Waals surface area contributed by atoms with Crippen molar-refractivity contribution in [3.63, 3.8) is 0 Å². The molecule has 2 aromatic carbocycles. The molecule has 32 heavy (non-hydrogen) atoms. The third-order valence-electron chi connectivity index (χ3n) is 6.06. The van der Waals surface area contributed by atoms with Gasteiger partial charge in [0.25, 0.3) is 0 Å². The van der Waals surface area contributed by atoms with Gasteiger partial charge < -0.3 is 33.9 Å². The molecule has 3 aliphatic rings. The second-order valence-electron chi connectivity index (χ2n) is 7.48. The SMILES string of the molecule is COc1ccc2c(c1OC)C(=O)OC2C1c2c(cc3c(c2OC)OCO3)CCN1C.Cl.O. The summed E-state index contributed by atoms with van der Waals surface area (Å²) in [5.74, 6) is 2.36. The van der Waals surface area contributed by atoms with E-state index in [9.17, 15) is 4.79 Å². The zero-order chi connectivity index (χ0) is 21.0. The summed E-state index contributed by atoms with van der Waals surface area (Å²) < 4.78 is 33.8. The molecule has 2 N–H and O–H groups in total. The van der Waals surface area contributed by atoms with E-state index in [-0.39, 0.29) is 30.7 Å². The fraction of sp³-hybridized carbons (Fsp3) is 0.409. The number of ether oxygens (including phenoxy) is 6. The van der Waals surface area contributed by atoms with E-state index in [4.69, 9.17) is 28.4 Å². The van der Waals surface area contributed by atoms with Gasteiger partial charge in [0.1, 0.15) is 11.7 Å². The molecule has 2 atom stereocenters. The van der Waals surface area contributed by atoms with Crippen LogP contribution in [0, 0.1) is 0 Å². The second-order valence-corrected chi connectivity index (χ2v) is 7.48. The Balaban J connectivity index is 0.00000144. The van der Waals surface area contributed by atoms with Crippen LogP contribution in [0.15, 0.2) is 18.2 Å². The molecule has 0 bridgehead atoms. The Kier molecular flexibility index (Phi) is 6.64. The molecule has 0 radical (unpaired) electrons. The fourth-order valence-electron chi connectivity index (χ4n) is 4.71. The highest BCUT2D eigenvalue weighted by Gasteiger charge is 2.46. The first-order valence-corrected chi connectivity index (χ1v) is 9.74. The summed E-state index contributed by atoms with van der Waals surface area (Å²) in [6.07, 6.45) is 0.306. The number of hydrogen-bond donors (Lipinski definition) is 0. The van der Waals surface area contributed by atoms with Crippen LogP contribution < -0.4 is 23.7 Å². The van der Waals surface area contributed by atoms with Crippen LogP contribution in [-0.4, -0.2) is 58.1 Å². The summed E-state index contributed by atoms with van der Waals surface area (Å²) in [4.78, 5) is 15.1. The van der Waals surface area contributed by atoms with Gasteiger partial charge in [-0.3, -0.25) is 4.90 Å². The van der Waals surface area contributed by atoms with Gasteiger partial charge in [0.05, 0.1) is 27.4 Å². The maximum absolute atomic E-state index is 12.9. The minimum Gasteiger partial charge on any atom is -0.493 e. The van der Waals surface area contributed by atoms with E-state index in [0.29, 0.717) is 34.3 Å². The number of carbonyl (C=O) groups is 1. The van der Waals surface area contributed by atoms with Crippen molar-refractivity contribution >= 4 is 18.4 Å². The summed E-state index contributed by atoms with van der Waals surface area (Å²) >= 11 is 0.